The number of carbonyl (C=O) groups is 1. The summed E-state index contributed by atoms with van der Waals surface area (Å²) in [6.07, 6.45) is 3.43. The third-order valence-electron chi connectivity index (χ3n) is 4.02. The Morgan fingerprint density at radius 3 is 2.76 bits per heavy atom. The number of hydrogen-bond donors (Lipinski definition) is 1. The molecule has 0 spiro atoms. The summed E-state index contributed by atoms with van der Waals surface area (Å²) in [6, 6.07) is 5.35. The Balaban J connectivity index is 2.02. The molecule has 1 heterocycles. The number of ether oxygens (including phenoxy) is 2. The second-order valence-corrected chi connectivity index (χ2v) is 5.36. The van der Waals surface area contributed by atoms with E-state index in [9.17, 15) is 4.79 Å². The summed E-state index contributed by atoms with van der Waals surface area (Å²) in [5, 5.41) is 2.93. The summed E-state index contributed by atoms with van der Waals surface area (Å²) < 4.78 is 10.4. The molecule has 1 saturated heterocycles. The van der Waals surface area contributed by atoms with E-state index in [1.54, 1.807) is 26.4 Å². The first-order valence-corrected chi connectivity index (χ1v) is 7.45. The summed E-state index contributed by atoms with van der Waals surface area (Å²) >= 11 is 0. The number of hydrogen-bond acceptors (Lipinski definition) is 3. The number of anilines is 1. The maximum absolute atomic E-state index is 12.3. The van der Waals surface area contributed by atoms with Gasteiger partial charge in [0.25, 0.3) is 0 Å². The lowest BCUT2D eigenvalue weighted by Gasteiger charge is -2.32. The average Bonchev–Trinajstić information content (AvgIpc) is 2.54. The smallest absolute Gasteiger partial charge is 0.321 e. The number of likely N-dealkylation sites (tertiary alicyclic amines) is 1. The lowest BCUT2D eigenvalue weighted by atomic mass is 9.96. The molecule has 5 heteroatoms. The zero-order valence-corrected chi connectivity index (χ0v) is 13.0. The SMILES string of the molecule is CCC1CCCN(C(=O)Nc2ccc(OC)c(OC)c2)C1. The lowest BCUT2D eigenvalue weighted by molar-refractivity contribution is 0.176. The van der Waals surface area contributed by atoms with E-state index in [2.05, 4.69) is 12.2 Å². The minimum Gasteiger partial charge on any atom is -0.493 e. The molecule has 21 heavy (non-hydrogen) atoms. The monoisotopic (exact) mass is 292 g/mol. The van der Waals surface area contributed by atoms with Gasteiger partial charge in [-0.1, -0.05) is 13.3 Å². The van der Waals surface area contributed by atoms with Crippen LogP contribution in [-0.2, 0) is 0 Å². The van der Waals surface area contributed by atoms with Gasteiger partial charge in [0.15, 0.2) is 11.5 Å². The van der Waals surface area contributed by atoms with Gasteiger partial charge in [-0.05, 0) is 30.9 Å². The second kappa shape index (κ2) is 7.20. The molecule has 1 aliphatic heterocycles. The molecule has 1 atom stereocenters. The van der Waals surface area contributed by atoms with Crippen molar-refractivity contribution in [2.75, 3.05) is 32.6 Å². The molecule has 1 aromatic rings. The van der Waals surface area contributed by atoms with Gasteiger partial charge in [0, 0.05) is 24.8 Å². The standard InChI is InChI=1S/C16H24N2O3/c1-4-12-6-5-9-18(11-12)16(19)17-13-7-8-14(20-2)15(10-13)21-3/h7-8,10,12H,4-6,9,11H2,1-3H3,(H,17,19). The number of rotatable bonds is 4. The van der Waals surface area contributed by atoms with Gasteiger partial charge >= 0.3 is 6.03 Å². The number of methoxy groups -OCH3 is 2. The maximum atomic E-state index is 12.3. The molecule has 0 radical (unpaired) electrons. The van der Waals surface area contributed by atoms with Crippen LogP contribution in [0, 0.1) is 5.92 Å². The molecular weight excluding hydrogens is 268 g/mol. The van der Waals surface area contributed by atoms with Crippen molar-refractivity contribution in [2.24, 2.45) is 5.92 Å². The molecule has 5 nitrogen and oxygen atoms in total. The fourth-order valence-corrected chi connectivity index (χ4v) is 2.70. The predicted octanol–water partition coefficient (Wildman–Crippen LogP) is 3.36. The van der Waals surface area contributed by atoms with Crippen molar-refractivity contribution in [3.8, 4) is 11.5 Å². The van der Waals surface area contributed by atoms with Crippen LogP contribution in [0.4, 0.5) is 10.5 Å². The molecular formula is C16H24N2O3. The van der Waals surface area contributed by atoms with E-state index in [1.165, 1.54) is 6.42 Å². The van der Waals surface area contributed by atoms with Crippen molar-refractivity contribution < 1.29 is 14.3 Å². The predicted molar refractivity (Wildman–Crippen MR) is 83.2 cm³/mol. The number of piperidine rings is 1. The van der Waals surface area contributed by atoms with E-state index in [4.69, 9.17) is 9.47 Å². The summed E-state index contributed by atoms with van der Waals surface area (Å²) in [5.41, 5.74) is 0.719. The first kappa shape index (κ1) is 15.5. The molecule has 2 amide bonds. The van der Waals surface area contributed by atoms with Crippen LogP contribution in [0.15, 0.2) is 18.2 Å². The Morgan fingerprint density at radius 1 is 1.33 bits per heavy atom. The van der Waals surface area contributed by atoms with Crippen LogP contribution in [0.25, 0.3) is 0 Å². The van der Waals surface area contributed by atoms with Gasteiger partial charge in [0.05, 0.1) is 14.2 Å². The van der Waals surface area contributed by atoms with Crippen molar-refractivity contribution in [3.63, 3.8) is 0 Å². The zero-order chi connectivity index (χ0) is 15.2. The van der Waals surface area contributed by atoms with E-state index >= 15 is 0 Å². The maximum Gasteiger partial charge on any atom is 0.321 e. The fourth-order valence-electron chi connectivity index (χ4n) is 2.70. The van der Waals surface area contributed by atoms with Crippen molar-refractivity contribution >= 4 is 11.7 Å². The van der Waals surface area contributed by atoms with Crippen LogP contribution in [0.3, 0.4) is 0 Å². The second-order valence-electron chi connectivity index (χ2n) is 5.36. The largest absolute Gasteiger partial charge is 0.493 e. The quantitative estimate of drug-likeness (QED) is 0.925. The normalized spacial score (nSPS) is 18.2. The summed E-state index contributed by atoms with van der Waals surface area (Å²) in [6.45, 7) is 3.85. The molecule has 1 aromatic carbocycles. The molecule has 1 aliphatic rings. The van der Waals surface area contributed by atoms with Gasteiger partial charge in [-0.3, -0.25) is 0 Å². The first-order valence-electron chi connectivity index (χ1n) is 7.45. The van der Waals surface area contributed by atoms with Crippen molar-refractivity contribution in [2.45, 2.75) is 26.2 Å². The molecule has 1 fully saturated rings. The highest BCUT2D eigenvalue weighted by atomic mass is 16.5. The molecule has 1 N–H and O–H groups in total. The van der Waals surface area contributed by atoms with Gasteiger partial charge in [-0.2, -0.15) is 0 Å². The van der Waals surface area contributed by atoms with Crippen molar-refractivity contribution in [1.29, 1.82) is 0 Å². The van der Waals surface area contributed by atoms with Gasteiger partial charge < -0.3 is 19.7 Å². The highest BCUT2D eigenvalue weighted by Gasteiger charge is 2.22. The first-order chi connectivity index (χ1) is 10.2. The number of urea groups is 1. The summed E-state index contributed by atoms with van der Waals surface area (Å²) in [5.74, 6) is 1.88. The van der Waals surface area contributed by atoms with Crippen LogP contribution in [0.5, 0.6) is 11.5 Å². The summed E-state index contributed by atoms with van der Waals surface area (Å²) in [7, 11) is 3.18. The minimum atomic E-state index is -0.0413. The van der Waals surface area contributed by atoms with Crippen LogP contribution >= 0.6 is 0 Å². The minimum absolute atomic E-state index is 0.0413. The number of nitrogens with zero attached hydrogens (tertiary/aromatic N) is 1. The van der Waals surface area contributed by atoms with Gasteiger partial charge in [-0.15, -0.1) is 0 Å². The highest BCUT2D eigenvalue weighted by molar-refractivity contribution is 5.89. The molecule has 0 aromatic heterocycles. The van der Waals surface area contributed by atoms with Gasteiger partial charge in [0.2, 0.25) is 0 Å². The molecule has 0 aliphatic carbocycles. The van der Waals surface area contributed by atoms with Crippen LogP contribution in [-0.4, -0.2) is 38.2 Å². The number of benzene rings is 1. The Labute approximate surface area is 126 Å². The van der Waals surface area contributed by atoms with E-state index < -0.39 is 0 Å². The van der Waals surface area contributed by atoms with Crippen molar-refractivity contribution in [3.05, 3.63) is 18.2 Å². The van der Waals surface area contributed by atoms with E-state index in [0.29, 0.717) is 17.4 Å². The number of amides is 2. The Bertz CT molecular complexity index is 490. The molecule has 2 rings (SSSR count). The summed E-state index contributed by atoms with van der Waals surface area (Å²) in [4.78, 5) is 14.2. The molecule has 116 valence electrons. The number of nitrogens with one attached hydrogen (secondary N) is 1. The van der Waals surface area contributed by atoms with Gasteiger partial charge in [0.1, 0.15) is 0 Å². The van der Waals surface area contributed by atoms with Crippen molar-refractivity contribution in [1.82, 2.24) is 4.90 Å². The molecule has 0 bridgehead atoms. The van der Waals surface area contributed by atoms with Crippen LogP contribution in [0.1, 0.15) is 26.2 Å². The van der Waals surface area contributed by atoms with Crippen LogP contribution < -0.4 is 14.8 Å². The topological polar surface area (TPSA) is 50.8 Å². The van der Waals surface area contributed by atoms with E-state index in [-0.39, 0.29) is 6.03 Å². The zero-order valence-electron chi connectivity index (χ0n) is 13.0. The van der Waals surface area contributed by atoms with E-state index in [1.807, 2.05) is 11.0 Å². The third-order valence-corrected chi connectivity index (χ3v) is 4.02. The van der Waals surface area contributed by atoms with Gasteiger partial charge in [-0.25, -0.2) is 4.79 Å². The van der Waals surface area contributed by atoms with E-state index in [0.717, 1.165) is 31.6 Å². The fraction of sp³-hybridized carbons (Fsp3) is 0.562. The number of carbonyl (C=O) groups excluding carboxylic acids is 1. The average molecular weight is 292 g/mol. The highest BCUT2D eigenvalue weighted by Crippen LogP contribution is 2.30. The molecule has 1 unspecified atom stereocenters. The Hall–Kier alpha value is -1.91. The Kier molecular flexibility index (Phi) is 5.31. The molecule has 0 saturated carbocycles. The Morgan fingerprint density at radius 2 is 2.10 bits per heavy atom. The van der Waals surface area contributed by atoms with Crippen LogP contribution in [0.2, 0.25) is 0 Å². The third kappa shape index (κ3) is 3.80. The lowest BCUT2D eigenvalue weighted by Crippen LogP contribution is -2.42.